The Morgan fingerprint density at radius 3 is 2.94 bits per heavy atom. The van der Waals surface area contributed by atoms with E-state index in [-0.39, 0.29) is 5.69 Å². The number of nitro benzene ring substituents is 1. The predicted molar refractivity (Wildman–Crippen MR) is 69.0 cm³/mol. The quantitative estimate of drug-likeness (QED) is 0.641. The highest BCUT2D eigenvalue weighted by Gasteiger charge is 2.17. The molecule has 0 bridgehead atoms. The summed E-state index contributed by atoms with van der Waals surface area (Å²) in [6.45, 7) is 2.94. The van der Waals surface area contributed by atoms with E-state index in [1.54, 1.807) is 6.33 Å². The molecule has 0 saturated heterocycles. The summed E-state index contributed by atoms with van der Waals surface area (Å²) in [5.41, 5.74) is 1.30. The van der Waals surface area contributed by atoms with Gasteiger partial charge < -0.3 is 4.57 Å². The van der Waals surface area contributed by atoms with Gasteiger partial charge in [0.2, 0.25) is 0 Å². The van der Waals surface area contributed by atoms with Gasteiger partial charge in [0.1, 0.15) is 0 Å². The average molecular weight is 298 g/mol. The third-order valence-electron chi connectivity index (χ3n) is 2.62. The van der Waals surface area contributed by atoms with Gasteiger partial charge in [0.25, 0.3) is 5.69 Å². The first-order valence-corrected chi connectivity index (χ1v) is 6.21. The highest BCUT2D eigenvalue weighted by molar-refractivity contribution is 9.10. The first kappa shape index (κ1) is 12.0. The van der Waals surface area contributed by atoms with Gasteiger partial charge in [-0.1, -0.05) is 29.3 Å². The van der Waals surface area contributed by atoms with Gasteiger partial charge in [-0.05, 0) is 12.5 Å². The number of hydrogen-bond acceptors (Lipinski definition) is 3. The molecule has 6 heteroatoms. The van der Waals surface area contributed by atoms with Gasteiger partial charge in [-0.2, -0.15) is 0 Å². The zero-order valence-electron chi connectivity index (χ0n) is 9.39. The minimum Gasteiger partial charge on any atom is -0.330 e. The molecular formula is C11H12BrN3O2. The summed E-state index contributed by atoms with van der Waals surface area (Å²) >= 11 is 3.29. The van der Waals surface area contributed by atoms with Crippen molar-refractivity contribution < 1.29 is 4.92 Å². The van der Waals surface area contributed by atoms with Crippen LogP contribution in [0.15, 0.2) is 22.9 Å². The van der Waals surface area contributed by atoms with Crippen LogP contribution in [-0.2, 0) is 6.54 Å². The van der Waals surface area contributed by atoms with Gasteiger partial charge in [0.05, 0.1) is 16.8 Å². The minimum atomic E-state index is -0.399. The highest BCUT2D eigenvalue weighted by atomic mass is 79.9. The summed E-state index contributed by atoms with van der Waals surface area (Å²) in [5, 5.41) is 10.9. The predicted octanol–water partition coefficient (Wildman–Crippen LogP) is 3.51. The minimum absolute atomic E-state index is 0.0459. The largest absolute Gasteiger partial charge is 0.330 e. The molecule has 0 atom stereocenters. The van der Waals surface area contributed by atoms with Crippen LogP contribution in [0.1, 0.15) is 19.8 Å². The number of nitrogens with zero attached hydrogens (tertiary/aromatic N) is 3. The van der Waals surface area contributed by atoms with Crippen molar-refractivity contribution >= 4 is 32.7 Å². The molecule has 1 aromatic heterocycles. The molecule has 0 saturated carbocycles. The van der Waals surface area contributed by atoms with E-state index in [4.69, 9.17) is 0 Å². The molecule has 1 aromatic carbocycles. The Labute approximate surface area is 107 Å². The lowest BCUT2D eigenvalue weighted by atomic mass is 10.2. The molecule has 0 unspecified atom stereocenters. The van der Waals surface area contributed by atoms with Crippen molar-refractivity contribution in [2.45, 2.75) is 26.3 Å². The van der Waals surface area contributed by atoms with Crippen molar-refractivity contribution in [3.8, 4) is 0 Å². The molecule has 0 N–H and O–H groups in total. The van der Waals surface area contributed by atoms with Gasteiger partial charge in [0, 0.05) is 17.1 Å². The lowest BCUT2D eigenvalue weighted by Crippen LogP contribution is -1.96. The number of non-ortho nitro benzene ring substituents is 1. The third kappa shape index (κ3) is 2.31. The monoisotopic (exact) mass is 297 g/mol. The first-order valence-electron chi connectivity index (χ1n) is 5.42. The van der Waals surface area contributed by atoms with Gasteiger partial charge in [0.15, 0.2) is 5.52 Å². The zero-order chi connectivity index (χ0) is 12.4. The van der Waals surface area contributed by atoms with E-state index in [0.29, 0.717) is 9.99 Å². The topological polar surface area (TPSA) is 61.0 Å². The second kappa shape index (κ2) is 4.83. The Morgan fingerprint density at radius 1 is 1.53 bits per heavy atom. The van der Waals surface area contributed by atoms with Crippen LogP contribution in [-0.4, -0.2) is 14.5 Å². The lowest BCUT2D eigenvalue weighted by Gasteiger charge is -2.02. The Hall–Kier alpha value is -1.43. The highest BCUT2D eigenvalue weighted by Crippen LogP contribution is 2.29. The number of aryl methyl sites for hydroxylation is 1. The molecule has 0 aliphatic carbocycles. The molecule has 2 rings (SSSR count). The summed E-state index contributed by atoms with van der Waals surface area (Å²) in [6, 6.07) is 3.35. The molecular weight excluding hydrogens is 286 g/mol. The number of unbranched alkanes of at least 4 members (excludes halogenated alkanes) is 1. The van der Waals surface area contributed by atoms with Crippen molar-refractivity contribution in [3.63, 3.8) is 0 Å². The standard InChI is InChI=1S/C11H12BrN3O2/c1-2-3-4-14-7-13-11-9(14)5-8(12)6-10(11)15(16)17/h5-7H,2-4H2,1H3. The second-order valence-corrected chi connectivity index (χ2v) is 4.76. The van der Waals surface area contributed by atoms with E-state index >= 15 is 0 Å². The molecule has 5 nitrogen and oxygen atoms in total. The average Bonchev–Trinajstić information content (AvgIpc) is 2.68. The molecule has 0 radical (unpaired) electrons. The van der Waals surface area contributed by atoms with E-state index in [2.05, 4.69) is 27.8 Å². The second-order valence-electron chi connectivity index (χ2n) is 3.84. The molecule has 17 heavy (non-hydrogen) atoms. The van der Waals surface area contributed by atoms with Crippen molar-refractivity contribution in [2.24, 2.45) is 0 Å². The van der Waals surface area contributed by atoms with Crippen LogP contribution in [0.5, 0.6) is 0 Å². The number of rotatable bonds is 4. The van der Waals surface area contributed by atoms with Gasteiger partial charge in [-0.3, -0.25) is 10.1 Å². The fourth-order valence-corrected chi connectivity index (χ4v) is 2.19. The van der Waals surface area contributed by atoms with Crippen molar-refractivity contribution in [3.05, 3.63) is 33.0 Å². The summed E-state index contributed by atoms with van der Waals surface area (Å²) in [5.74, 6) is 0. The Morgan fingerprint density at radius 2 is 2.29 bits per heavy atom. The van der Waals surface area contributed by atoms with Crippen LogP contribution in [0.4, 0.5) is 5.69 Å². The van der Waals surface area contributed by atoms with Gasteiger partial charge >= 0.3 is 0 Å². The Kier molecular flexibility index (Phi) is 3.42. The van der Waals surface area contributed by atoms with Gasteiger partial charge in [-0.15, -0.1) is 0 Å². The molecule has 1 heterocycles. The zero-order valence-corrected chi connectivity index (χ0v) is 11.0. The number of benzene rings is 1. The van der Waals surface area contributed by atoms with Crippen LogP contribution in [0.25, 0.3) is 11.0 Å². The van der Waals surface area contributed by atoms with Crippen molar-refractivity contribution in [1.82, 2.24) is 9.55 Å². The number of hydrogen-bond donors (Lipinski definition) is 0. The maximum atomic E-state index is 10.9. The van der Waals surface area contributed by atoms with Crippen molar-refractivity contribution in [2.75, 3.05) is 0 Å². The lowest BCUT2D eigenvalue weighted by molar-refractivity contribution is -0.383. The van der Waals surface area contributed by atoms with E-state index in [1.807, 2.05) is 10.6 Å². The maximum absolute atomic E-state index is 10.9. The molecule has 0 aliphatic rings. The van der Waals surface area contributed by atoms with Crippen LogP contribution < -0.4 is 0 Å². The molecule has 0 fully saturated rings. The SMILES string of the molecule is CCCCn1cnc2c([N+](=O)[O-])cc(Br)cc21. The number of nitro groups is 1. The van der Waals surface area contributed by atoms with Crippen LogP contribution >= 0.6 is 15.9 Å². The fraction of sp³-hybridized carbons (Fsp3) is 0.364. The van der Waals surface area contributed by atoms with Crippen LogP contribution in [0, 0.1) is 10.1 Å². The third-order valence-corrected chi connectivity index (χ3v) is 3.08. The van der Waals surface area contributed by atoms with Gasteiger partial charge in [-0.25, -0.2) is 4.98 Å². The van der Waals surface area contributed by atoms with E-state index in [9.17, 15) is 10.1 Å². The molecule has 0 spiro atoms. The molecule has 0 aliphatic heterocycles. The maximum Gasteiger partial charge on any atom is 0.298 e. The Bertz CT molecular complexity index is 565. The fourth-order valence-electron chi connectivity index (χ4n) is 1.76. The van der Waals surface area contributed by atoms with Crippen LogP contribution in [0.3, 0.4) is 0 Å². The van der Waals surface area contributed by atoms with Crippen LogP contribution in [0.2, 0.25) is 0 Å². The molecule has 0 amide bonds. The molecule has 2 aromatic rings. The summed E-state index contributed by atoms with van der Waals surface area (Å²) in [7, 11) is 0. The number of halogens is 1. The summed E-state index contributed by atoms with van der Waals surface area (Å²) in [6.07, 6.45) is 3.78. The number of imidazole rings is 1. The van der Waals surface area contributed by atoms with E-state index < -0.39 is 4.92 Å². The van der Waals surface area contributed by atoms with E-state index in [1.165, 1.54) is 6.07 Å². The Balaban J connectivity index is 2.56. The number of fused-ring (bicyclic) bond motifs is 1. The smallest absolute Gasteiger partial charge is 0.298 e. The summed E-state index contributed by atoms with van der Waals surface area (Å²) < 4.78 is 2.66. The first-order chi connectivity index (χ1) is 8.13. The van der Waals surface area contributed by atoms with Crippen molar-refractivity contribution in [1.29, 1.82) is 0 Å². The normalized spacial score (nSPS) is 10.9. The van der Waals surface area contributed by atoms with E-state index in [0.717, 1.165) is 24.9 Å². The number of aromatic nitrogens is 2. The summed E-state index contributed by atoms with van der Waals surface area (Å²) in [4.78, 5) is 14.7. The molecule has 90 valence electrons.